The van der Waals surface area contributed by atoms with Crippen molar-refractivity contribution < 1.29 is 23.4 Å². The molecule has 0 saturated carbocycles. The quantitative estimate of drug-likeness (QED) is 0.742. The minimum absolute atomic E-state index is 0.0446. The van der Waals surface area contributed by atoms with E-state index in [0.29, 0.717) is 18.8 Å². The summed E-state index contributed by atoms with van der Waals surface area (Å²) in [6, 6.07) is 11.4. The van der Waals surface area contributed by atoms with E-state index in [1.54, 1.807) is 29.2 Å². The first-order valence-corrected chi connectivity index (χ1v) is 7.60. The Morgan fingerprint density at radius 1 is 0.840 bits per heavy atom. The number of anilines is 1. The maximum Gasteiger partial charge on any atom is 0.416 e. The average Bonchev–Trinajstić information content (AvgIpc) is 2.60. The molecule has 5 nitrogen and oxygen atoms in total. The highest BCUT2D eigenvalue weighted by molar-refractivity contribution is 5.53. The average molecular weight is 353 g/mol. The van der Waals surface area contributed by atoms with E-state index in [1.165, 1.54) is 12.1 Å². The number of halogens is 3. The topological polar surface area (TPSA) is 68.4 Å². The molecule has 134 valence electrons. The number of aliphatic hydroxyl groups excluding tert-OH is 2. The van der Waals surface area contributed by atoms with Crippen molar-refractivity contribution in [1.82, 2.24) is 0 Å². The van der Waals surface area contributed by atoms with E-state index in [4.69, 9.17) is 10.2 Å². The molecule has 0 heterocycles. The zero-order chi connectivity index (χ0) is 18.3. The Labute approximate surface area is 143 Å². The number of hydrogen-bond donors (Lipinski definition) is 2. The predicted octanol–water partition coefficient (Wildman–Crippen LogP) is 3.91. The van der Waals surface area contributed by atoms with Gasteiger partial charge in [-0.2, -0.15) is 23.4 Å². The van der Waals surface area contributed by atoms with Gasteiger partial charge >= 0.3 is 6.18 Å². The van der Waals surface area contributed by atoms with Gasteiger partial charge in [-0.1, -0.05) is 6.07 Å². The van der Waals surface area contributed by atoms with Crippen molar-refractivity contribution in [3.63, 3.8) is 0 Å². The van der Waals surface area contributed by atoms with Gasteiger partial charge in [-0.25, -0.2) is 0 Å². The van der Waals surface area contributed by atoms with Crippen LogP contribution >= 0.6 is 0 Å². The van der Waals surface area contributed by atoms with Crippen molar-refractivity contribution in [3.8, 4) is 0 Å². The fourth-order valence-electron chi connectivity index (χ4n) is 2.20. The number of azo groups is 1. The summed E-state index contributed by atoms with van der Waals surface area (Å²) in [5.41, 5.74) is 0.610. The summed E-state index contributed by atoms with van der Waals surface area (Å²) in [6.45, 7) is 0.672. The second-order valence-electron chi connectivity index (χ2n) is 5.20. The zero-order valence-electron chi connectivity index (χ0n) is 13.3. The molecule has 0 fully saturated rings. The van der Waals surface area contributed by atoms with Crippen molar-refractivity contribution in [1.29, 1.82) is 0 Å². The minimum Gasteiger partial charge on any atom is -0.395 e. The van der Waals surface area contributed by atoms with Gasteiger partial charge in [0, 0.05) is 18.8 Å². The molecule has 0 aliphatic carbocycles. The van der Waals surface area contributed by atoms with Crippen molar-refractivity contribution in [2.75, 3.05) is 31.2 Å². The summed E-state index contributed by atoms with van der Waals surface area (Å²) in [5, 5.41) is 25.8. The standard InChI is InChI=1S/C17H18F3N3O2/c18-17(19,20)13-2-1-3-15(12-13)22-21-14-4-6-16(7-5-14)23(8-10-24)9-11-25/h1-7,12,24-25H,8-11H2. The molecule has 2 rings (SSSR count). The maximum atomic E-state index is 12.7. The summed E-state index contributed by atoms with van der Waals surface area (Å²) in [4.78, 5) is 1.80. The summed E-state index contributed by atoms with van der Waals surface area (Å²) in [5.74, 6) is 0. The van der Waals surface area contributed by atoms with Crippen LogP contribution in [0.4, 0.5) is 30.2 Å². The lowest BCUT2D eigenvalue weighted by atomic mass is 10.2. The molecular formula is C17H18F3N3O2. The first kappa shape index (κ1) is 18.9. The molecule has 0 saturated heterocycles. The summed E-state index contributed by atoms with van der Waals surface area (Å²) in [7, 11) is 0. The predicted molar refractivity (Wildman–Crippen MR) is 88.4 cm³/mol. The van der Waals surface area contributed by atoms with E-state index < -0.39 is 11.7 Å². The maximum absolute atomic E-state index is 12.7. The molecule has 0 aliphatic rings. The van der Waals surface area contributed by atoms with Crippen LogP contribution in [-0.4, -0.2) is 36.5 Å². The lowest BCUT2D eigenvalue weighted by molar-refractivity contribution is -0.137. The van der Waals surface area contributed by atoms with Gasteiger partial charge in [0.2, 0.25) is 0 Å². The number of nitrogens with zero attached hydrogens (tertiary/aromatic N) is 3. The third-order valence-corrected chi connectivity index (χ3v) is 3.41. The molecule has 2 N–H and O–H groups in total. The summed E-state index contributed by atoms with van der Waals surface area (Å²) >= 11 is 0. The van der Waals surface area contributed by atoms with Gasteiger partial charge in [-0.15, -0.1) is 0 Å². The highest BCUT2D eigenvalue weighted by Gasteiger charge is 2.30. The number of hydrogen-bond acceptors (Lipinski definition) is 5. The van der Waals surface area contributed by atoms with Crippen LogP contribution < -0.4 is 4.90 Å². The van der Waals surface area contributed by atoms with E-state index in [2.05, 4.69) is 10.2 Å². The van der Waals surface area contributed by atoms with Crippen LogP contribution in [0.5, 0.6) is 0 Å². The number of alkyl halides is 3. The fraction of sp³-hybridized carbons (Fsp3) is 0.294. The highest BCUT2D eigenvalue weighted by atomic mass is 19.4. The van der Waals surface area contributed by atoms with Crippen LogP contribution in [0.15, 0.2) is 58.8 Å². The first-order valence-electron chi connectivity index (χ1n) is 7.60. The van der Waals surface area contributed by atoms with Crippen LogP contribution in [0.25, 0.3) is 0 Å². The highest BCUT2D eigenvalue weighted by Crippen LogP contribution is 2.32. The van der Waals surface area contributed by atoms with E-state index >= 15 is 0 Å². The number of benzene rings is 2. The molecular weight excluding hydrogens is 335 g/mol. The van der Waals surface area contributed by atoms with Crippen molar-refractivity contribution in [2.24, 2.45) is 10.2 Å². The Morgan fingerprint density at radius 2 is 1.44 bits per heavy atom. The second kappa shape index (κ2) is 8.59. The lowest BCUT2D eigenvalue weighted by Crippen LogP contribution is -2.29. The van der Waals surface area contributed by atoms with Gasteiger partial charge in [0.05, 0.1) is 30.2 Å². The molecule has 0 spiro atoms. The minimum atomic E-state index is -4.42. The first-order chi connectivity index (χ1) is 11.9. The zero-order valence-corrected chi connectivity index (χ0v) is 13.3. The van der Waals surface area contributed by atoms with E-state index in [1.807, 2.05) is 0 Å². The SMILES string of the molecule is OCCN(CCO)c1ccc(N=Nc2cccc(C(F)(F)F)c2)cc1. The van der Waals surface area contributed by atoms with E-state index in [-0.39, 0.29) is 18.9 Å². The van der Waals surface area contributed by atoms with Gasteiger partial charge in [0.15, 0.2) is 0 Å². The molecule has 0 bridgehead atoms. The Kier molecular flexibility index (Phi) is 6.49. The molecule has 0 aromatic heterocycles. The molecule has 0 radical (unpaired) electrons. The van der Waals surface area contributed by atoms with Crippen molar-refractivity contribution in [3.05, 3.63) is 54.1 Å². The molecule has 2 aromatic rings. The Bertz CT molecular complexity index is 697. The van der Waals surface area contributed by atoms with Crippen LogP contribution in [0.1, 0.15) is 5.56 Å². The van der Waals surface area contributed by atoms with Gasteiger partial charge in [-0.3, -0.25) is 0 Å². The van der Waals surface area contributed by atoms with Crippen LogP contribution in [0.2, 0.25) is 0 Å². The van der Waals surface area contributed by atoms with E-state index in [0.717, 1.165) is 17.8 Å². The molecule has 0 atom stereocenters. The number of rotatable bonds is 7. The van der Waals surface area contributed by atoms with Gasteiger partial charge < -0.3 is 15.1 Å². The lowest BCUT2D eigenvalue weighted by Gasteiger charge is -2.22. The fourth-order valence-corrected chi connectivity index (χ4v) is 2.20. The molecule has 2 aromatic carbocycles. The monoisotopic (exact) mass is 353 g/mol. The normalized spacial score (nSPS) is 11.9. The second-order valence-corrected chi connectivity index (χ2v) is 5.20. The third kappa shape index (κ3) is 5.54. The van der Waals surface area contributed by atoms with Crippen molar-refractivity contribution in [2.45, 2.75) is 6.18 Å². The molecule has 0 unspecified atom stereocenters. The molecule has 25 heavy (non-hydrogen) atoms. The van der Waals surface area contributed by atoms with Gasteiger partial charge in [0.1, 0.15) is 0 Å². The molecule has 0 aliphatic heterocycles. The van der Waals surface area contributed by atoms with Crippen LogP contribution in [-0.2, 0) is 6.18 Å². The van der Waals surface area contributed by atoms with Gasteiger partial charge in [0.25, 0.3) is 0 Å². The third-order valence-electron chi connectivity index (χ3n) is 3.41. The largest absolute Gasteiger partial charge is 0.416 e. The molecule has 0 amide bonds. The number of aliphatic hydroxyl groups is 2. The van der Waals surface area contributed by atoms with Crippen molar-refractivity contribution >= 4 is 17.1 Å². The van der Waals surface area contributed by atoms with Gasteiger partial charge in [-0.05, 0) is 42.5 Å². The Balaban J connectivity index is 2.12. The molecule has 8 heteroatoms. The Hall–Kier alpha value is -2.45. The van der Waals surface area contributed by atoms with Crippen LogP contribution in [0.3, 0.4) is 0 Å². The summed E-state index contributed by atoms with van der Waals surface area (Å²) < 4.78 is 38.0. The smallest absolute Gasteiger partial charge is 0.395 e. The van der Waals surface area contributed by atoms with E-state index in [9.17, 15) is 13.2 Å². The summed E-state index contributed by atoms with van der Waals surface area (Å²) in [6.07, 6.45) is -4.42. The Morgan fingerprint density at radius 3 is 2.00 bits per heavy atom. The van der Waals surface area contributed by atoms with Crippen LogP contribution in [0, 0.1) is 0 Å².